The fourth-order valence-corrected chi connectivity index (χ4v) is 2.80. The van der Waals surface area contributed by atoms with Crippen LogP contribution in [0.1, 0.15) is 24.0 Å². The topological polar surface area (TPSA) is 35.5 Å². The number of benzene rings is 1. The average Bonchev–Trinajstić information content (AvgIpc) is 2.87. The molecule has 1 fully saturated rings. The zero-order valence-electron chi connectivity index (χ0n) is 11.5. The van der Waals surface area contributed by atoms with Gasteiger partial charge in [0.25, 0.3) is 0 Å². The Bertz CT molecular complexity index is 405. The van der Waals surface area contributed by atoms with E-state index in [1.165, 1.54) is 18.4 Å². The molecule has 0 bridgehead atoms. The van der Waals surface area contributed by atoms with Crippen LogP contribution >= 0.6 is 11.6 Å². The zero-order valence-corrected chi connectivity index (χ0v) is 12.3. The number of aliphatic hydroxyl groups excluding tert-OH is 1. The Balaban J connectivity index is 1.96. The Morgan fingerprint density at radius 3 is 2.95 bits per heavy atom. The van der Waals surface area contributed by atoms with Gasteiger partial charge in [-0.15, -0.1) is 0 Å². The van der Waals surface area contributed by atoms with E-state index < -0.39 is 0 Å². The third-order valence-corrected chi connectivity index (χ3v) is 4.11. The number of halogens is 1. The molecule has 1 saturated heterocycles. The molecule has 0 aromatic heterocycles. The van der Waals surface area contributed by atoms with Crippen LogP contribution in [0.5, 0.6) is 0 Å². The van der Waals surface area contributed by atoms with Crippen LogP contribution in [0.3, 0.4) is 0 Å². The quantitative estimate of drug-likeness (QED) is 0.840. The van der Waals surface area contributed by atoms with E-state index in [0.717, 1.165) is 30.2 Å². The molecule has 1 aliphatic rings. The van der Waals surface area contributed by atoms with Crippen molar-refractivity contribution in [2.24, 2.45) is 0 Å². The molecule has 4 heteroatoms. The lowest BCUT2D eigenvalue weighted by molar-refractivity contribution is 0.179. The largest absolute Gasteiger partial charge is 0.395 e. The summed E-state index contributed by atoms with van der Waals surface area (Å²) in [5.41, 5.74) is 2.32. The number of nitrogens with one attached hydrogen (secondary N) is 1. The molecule has 2 rings (SSSR count). The number of hydrogen-bond acceptors (Lipinski definition) is 3. The van der Waals surface area contributed by atoms with Crippen molar-refractivity contribution < 1.29 is 5.11 Å². The highest BCUT2D eigenvalue weighted by molar-refractivity contribution is 6.31. The van der Waals surface area contributed by atoms with Crippen LogP contribution in [0.2, 0.25) is 5.02 Å². The molecule has 1 unspecified atom stereocenters. The van der Waals surface area contributed by atoms with Crippen molar-refractivity contribution in [3.63, 3.8) is 0 Å². The lowest BCUT2D eigenvalue weighted by atomic mass is 10.1. The van der Waals surface area contributed by atoms with Crippen molar-refractivity contribution >= 4 is 11.6 Å². The van der Waals surface area contributed by atoms with Gasteiger partial charge in [0.05, 0.1) is 6.61 Å². The average molecular weight is 283 g/mol. The molecule has 0 amide bonds. The third kappa shape index (κ3) is 4.46. The molecule has 19 heavy (non-hydrogen) atoms. The summed E-state index contributed by atoms with van der Waals surface area (Å²) in [6.07, 6.45) is 2.49. The van der Waals surface area contributed by atoms with Crippen molar-refractivity contribution in [2.75, 3.05) is 26.2 Å². The van der Waals surface area contributed by atoms with Gasteiger partial charge in [-0.3, -0.25) is 4.90 Å². The summed E-state index contributed by atoms with van der Waals surface area (Å²) in [6, 6.07) is 6.77. The number of aliphatic hydroxyl groups is 1. The molecule has 0 spiro atoms. The summed E-state index contributed by atoms with van der Waals surface area (Å²) in [5.74, 6) is 0. The minimum atomic E-state index is 0.201. The lowest BCUT2D eigenvalue weighted by Gasteiger charge is -2.25. The van der Waals surface area contributed by atoms with Crippen LogP contribution in [-0.4, -0.2) is 42.3 Å². The van der Waals surface area contributed by atoms with Crippen molar-refractivity contribution in [1.82, 2.24) is 10.2 Å². The summed E-state index contributed by atoms with van der Waals surface area (Å²) < 4.78 is 0. The van der Waals surface area contributed by atoms with Gasteiger partial charge in [0, 0.05) is 30.7 Å². The molecule has 3 nitrogen and oxygen atoms in total. The molecule has 0 radical (unpaired) electrons. The first-order chi connectivity index (χ1) is 9.19. The first kappa shape index (κ1) is 14.8. The number of aryl methyl sites for hydroxylation is 1. The standard InChI is InChI=1S/C15H23ClN2O/c1-12-4-5-13(9-15(12)16)10-18(7-8-19)11-14-3-2-6-17-14/h4-5,9,14,17,19H,2-3,6-8,10-11H2,1H3. The van der Waals surface area contributed by atoms with E-state index in [0.29, 0.717) is 12.6 Å². The second-order valence-electron chi connectivity index (χ2n) is 5.34. The van der Waals surface area contributed by atoms with Gasteiger partial charge in [0.15, 0.2) is 0 Å². The van der Waals surface area contributed by atoms with Crippen molar-refractivity contribution in [3.8, 4) is 0 Å². The van der Waals surface area contributed by atoms with Crippen LogP contribution in [0, 0.1) is 6.92 Å². The van der Waals surface area contributed by atoms with Crippen LogP contribution in [-0.2, 0) is 6.54 Å². The smallest absolute Gasteiger partial charge is 0.0558 e. The van der Waals surface area contributed by atoms with E-state index in [9.17, 15) is 5.11 Å². The third-order valence-electron chi connectivity index (χ3n) is 3.70. The summed E-state index contributed by atoms with van der Waals surface area (Å²) in [4.78, 5) is 2.30. The molecule has 2 N–H and O–H groups in total. The number of rotatable bonds is 6. The van der Waals surface area contributed by atoms with Crippen LogP contribution < -0.4 is 5.32 Å². The van der Waals surface area contributed by atoms with E-state index in [4.69, 9.17) is 11.6 Å². The van der Waals surface area contributed by atoms with Crippen LogP contribution in [0.4, 0.5) is 0 Å². The first-order valence-electron chi connectivity index (χ1n) is 7.00. The van der Waals surface area contributed by atoms with Gasteiger partial charge in [-0.05, 0) is 43.5 Å². The zero-order chi connectivity index (χ0) is 13.7. The Morgan fingerprint density at radius 2 is 2.32 bits per heavy atom. The van der Waals surface area contributed by atoms with Gasteiger partial charge >= 0.3 is 0 Å². The van der Waals surface area contributed by atoms with Crippen molar-refractivity contribution in [1.29, 1.82) is 0 Å². The highest BCUT2D eigenvalue weighted by Gasteiger charge is 2.17. The van der Waals surface area contributed by atoms with Gasteiger partial charge in [0.1, 0.15) is 0 Å². The maximum Gasteiger partial charge on any atom is 0.0558 e. The van der Waals surface area contributed by atoms with Gasteiger partial charge in [-0.2, -0.15) is 0 Å². The molecule has 1 aromatic carbocycles. The lowest BCUT2D eigenvalue weighted by Crippen LogP contribution is -2.38. The molecular formula is C15H23ClN2O. The molecular weight excluding hydrogens is 260 g/mol. The molecule has 1 heterocycles. The van der Waals surface area contributed by atoms with Gasteiger partial charge in [-0.1, -0.05) is 23.7 Å². The first-order valence-corrected chi connectivity index (χ1v) is 7.38. The number of nitrogens with zero attached hydrogens (tertiary/aromatic N) is 1. The number of hydrogen-bond donors (Lipinski definition) is 2. The van der Waals surface area contributed by atoms with Gasteiger partial charge in [0.2, 0.25) is 0 Å². The van der Waals surface area contributed by atoms with Gasteiger partial charge in [-0.25, -0.2) is 0 Å². The maximum atomic E-state index is 9.20. The van der Waals surface area contributed by atoms with Crippen LogP contribution in [0.25, 0.3) is 0 Å². The molecule has 0 saturated carbocycles. The summed E-state index contributed by atoms with van der Waals surface area (Å²) in [5, 5.41) is 13.5. The van der Waals surface area contributed by atoms with E-state index in [2.05, 4.69) is 22.3 Å². The Hall–Kier alpha value is -0.610. The predicted octanol–water partition coefficient (Wildman–Crippen LogP) is 2.19. The highest BCUT2D eigenvalue weighted by Crippen LogP contribution is 2.18. The minimum Gasteiger partial charge on any atom is -0.395 e. The Labute approximate surface area is 120 Å². The van der Waals surface area contributed by atoms with E-state index >= 15 is 0 Å². The highest BCUT2D eigenvalue weighted by atomic mass is 35.5. The SMILES string of the molecule is Cc1ccc(CN(CCO)CC2CCCN2)cc1Cl. The Kier molecular flexibility index (Phi) is 5.64. The molecule has 1 aliphatic heterocycles. The predicted molar refractivity (Wildman–Crippen MR) is 79.6 cm³/mol. The maximum absolute atomic E-state index is 9.20. The normalized spacial score (nSPS) is 19.3. The van der Waals surface area contributed by atoms with Gasteiger partial charge < -0.3 is 10.4 Å². The van der Waals surface area contributed by atoms with Crippen LogP contribution in [0.15, 0.2) is 18.2 Å². The molecule has 106 valence electrons. The molecule has 1 atom stereocenters. The van der Waals surface area contributed by atoms with E-state index in [1.807, 2.05) is 13.0 Å². The fraction of sp³-hybridized carbons (Fsp3) is 0.600. The minimum absolute atomic E-state index is 0.201. The molecule has 1 aromatic rings. The monoisotopic (exact) mass is 282 g/mol. The van der Waals surface area contributed by atoms with Crippen molar-refractivity contribution in [3.05, 3.63) is 34.3 Å². The summed E-state index contributed by atoms with van der Waals surface area (Å²) >= 11 is 6.16. The summed E-state index contributed by atoms with van der Waals surface area (Å²) in [6.45, 7) is 5.88. The van der Waals surface area contributed by atoms with E-state index in [-0.39, 0.29) is 6.61 Å². The molecule has 0 aliphatic carbocycles. The summed E-state index contributed by atoms with van der Waals surface area (Å²) in [7, 11) is 0. The van der Waals surface area contributed by atoms with Crippen molar-refractivity contribution in [2.45, 2.75) is 32.4 Å². The van der Waals surface area contributed by atoms with E-state index in [1.54, 1.807) is 0 Å². The second-order valence-corrected chi connectivity index (χ2v) is 5.74. The second kappa shape index (κ2) is 7.25. The fourth-order valence-electron chi connectivity index (χ4n) is 2.59. The Morgan fingerprint density at radius 1 is 1.47 bits per heavy atom.